The molecule has 0 saturated heterocycles. The van der Waals surface area contributed by atoms with Gasteiger partial charge in [-0.05, 0) is 18.6 Å². The Morgan fingerprint density at radius 1 is 1.14 bits per heavy atom. The van der Waals surface area contributed by atoms with Crippen LogP contribution in [0.4, 0.5) is 0 Å². The number of nitrogens with zero attached hydrogens (tertiary/aromatic N) is 2. The summed E-state index contributed by atoms with van der Waals surface area (Å²) in [7, 11) is 0. The molecular formula is C17H16N2OS. The highest BCUT2D eigenvalue weighted by Crippen LogP contribution is 2.24. The second-order valence-corrected chi connectivity index (χ2v) is 5.92. The first-order valence-electron chi connectivity index (χ1n) is 6.83. The Bertz CT molecular complexity index is 707. The fourth-order valence-electron chi connectivity index (χ4n) is 2.09. The van der Waals surface area contributed by atoms with Gasteiger partial charge in [0.05, 0.1) is 16.4 Å². The van der Waals surface area contributed by atoms with Gasteiger partial charge in [-0.1, -0.05) is 36.4 Å². The number of aromatic nitrogens is 2. The van der Waals surface area contributed by atoms with Crippen LogP contribution >= 0.6 is 11.3 Å². The number of pyridine rings is 1. The molecule has 3 rings (SSSR count). The second-order valence-electron chi connectivity index (χ2n) is 4.97. The van der Waals surface area contributed by atoms with Crippen LogP contribution in [0.1, 0.15) is 22.4 Å². The monoisotopic (exact) mass is 296 g/mol. The number of rotatable bonds is 4. The van der Waals surface area contributed by atoms with E-state index in [0.717, 1.165) is 21.8 Å². The van der Waals surface area contributed by atoms with E-state index in [9.17, 15) is 5.11 Å². The van der Waals surface area contributed by atoms with Crippen molar-refractivity contribution in [2.45, 2.75) is 19.4 Å². The molecule has 0 radical (unpaired) electrons. The minimum atomic E-state index is -0.611. The van der Waals surface area contributed by atoms with Crippen molar-refractivity contribution in [3.8, 4) is 11.3 Å². The third-order valence-corrected chi connectivity index (χ3v) is 4.14. The molecule has 0 bridgehead atoms. The first kappa shape index (κ1) is 13.9. The van der Waals surface area contributed by atoms with E-state index >= 15 is 0 Å². The molecule has 0 aliphatic carbocycles. The lowest BCUT2D eigenvalue weighted by molar-refractivity contribution is 0.173. The summed E-state index contributed by atoms with van der Waals surface area (Å²) in [5.41, 5.74) is 3.84. The average molecular weight is 296 g/mol. The van der Waals surface area contributed by atoms with Crippen LogP contribution in [0.2, 0.25) is 0 Å². The van der Waals surface area contributed by atoms with E-state index in [1.54, 1.807) is 17.5 Å². The zero-order chi connectivity index (χ0) is 14.7. The maximum atomic E-state index is 10.2. The average Bonchev–Trinajstić information content (AvgIpc) is 2.97. The highest BCUT2D eigenvalue weighted by atomic mass is 32.1. The van der Waals surface area contributed by atoms with Crippen molar-refractivity contribution in [2.24, 2.45) is 0 Å². The van der Waals surface area contributed by atoms with Crippen LogP contribution in [0.3, 0.4) is 0 Å². The highest BCUT2D eigenvalue weighted by molar-refractivity contribution is 7.09. The Labute approximate surface area is 128 Å². The summed E-state index contributed by atoms with van der Waals surface area (Å²) in [6.07, 6.45) is 1.66. The standard InChI is InChI=1S/C17H16N2OS/c1-12-7-8-14(18-10-12)16(20)9-17-19-15(11-21-17)13-5-3-2-4-6-13/h2-8,10-11,16,20H,9H2,1H3. The molecular weight excluding hydrogens is 280 g/mol. The fourth-order valence-corrected chi connectivity index (χ4v) is 2.93. The lowest BCUT2D eigenvalue weighted by Gasteiger charge is -2.08. The maximum absolute atomic E-state index is 10.2. The molecule has 3 aromatic rings. The van der Waals surface area contributed by atoms with Gasteiger partial charge in [0.1, 0.15) is 6.10 Å². The van der Waals surface area contributed by atoms with E-state index in [2.05, 4.69) is 9.97 Å². The molecule has 2 aromatic heterocycles. The third-order valence-electron chi connectivity index (χ3n) is 3.26. The summed E-state index contributed by atoms with van der Waals surface area (Å²) in [5.74, 6) is 0. The molecule has 1 unspecified atom stereocenters. The first-order chi connectivity index (χ1) is 10.2. The minimum absolute atomic E-state index is 0.494. The van der Waals surface area contributed by atoms with E-state index in [1.165, 1.54) is 0 Å². The van der Waals surface area contributed by atoms with Crippen molar-refractivity contribution in [1.29, 1.82) is 0 Å². The van der Waals surface area contributed by atoms with Crippen molar-refractivity contribution in [2.75, 3.05) is 0 Å². The third kappa shape index (κ3) is 3.35. The van der Waals surface area contributed by atoms with Gasteiger partial charge < -0.3 is 5.11 Å². The first-order valence-corrected chi connectivity index (χ1v) is 7.71. The largest absolute Gasteiger partial charge is 0.386 e. The molecule has 1 aromatic carbocycles. The minimum Gasteiger partial charge on any atom is -0.386 e. The van der Waals surface area contributed by atoms with E-state index in [-0.39, 0.29) is 0 Å². The lowest BCUT2D eigenvalue weighted by atomic mass is 10.1. The van der Waals surface area contributed by atoms with Crippen LogP contribution in [0, 0.1) is 6.92 Å². The molecule has 2 heterocycles. The summed E-state index contributed by atoms with van der Waals surface area (Å²) < 4.78 is 0. The SMILES string of the molecule is Cc1ccc(C(O)Cc2nc(-c3ccccc3)cs2)nc1. The van der Waals surface area contributed by atoms with Crippen LogP contribution in [-0.2, 0) is 6.42 Å². The topological polar surface area (TPSA) is 46.0 Å². The van der Waals surface area contributed by atoms with Gasteiger partial charge in [-0.3, -0.25) is 4.98 Å². The Morgan fingerprint density at radius 3 is 2.67 bits per heavy atom. The summed E-state index contributed by atoms with van der Waals surface area (Å²) in [5, 5.41) is 13.2. The van der Waals surface area contributed by atoms with E-state index in [4.69, 9.17) is 0 Å². The van der Waals surface area contributed by atoms with Crippen molar-refractivity contribution < 1.29 is 5.11 Å². The van der Waals surface area contributed by atoms with Crippen molar-refractivity contribution in [1.82, 2.24) is 9.97 Å². The van der Waals surface area contributed by atoms with Gasteiger partial charge in [-0.25, -0.2) is 4.98 Å². The zero-order valence-electron chi connectivity index (χ0n) is 11.7. The number of benzene rings is 1. The van der Waals surface area contributed by atoms with Gasteiger partial charge in [-0.15, -0.1) is 11.3 Å². The molecule has 1 N–H and O–H groups in total. The van der Waals surface area contributed by atoms with Crippen LogP contribution in [0.25, 0.3) is 11.3 Å². The van der Waals surface area contributed by atoms with Gasteiger partial charge >= 0.3 is 0 Å². The summed E-state index contributed by atoms with van der Waals surface area (Å²) >= 11 is 1.57. The normalized spacial score (nSPS) is 12.3. The highest BCUT2D eigenvalue weighted by Gasteiger charge is 2.13. The summed E-state index contributed by atoms with van der Waals surface area (Å²) in [6, 6.07) is 13.9. The Hall–Kier alpha value is -2.04. The molecule has 0 aliphatic rings. The molecule has 0 fully saturated rings. The molecule has 0 saturated carbocycles. The van der Waals surface area contributed by atoms with Crippen molar-refractivity contribution in [3.63, 3.8) is 0 Å². The number of aryl methyl sites for hydroxylation is 1. The zero-order valence-corrected chi connectivity index (χ0v) is 12.5. The molecule has 0 amide bonds. The molecule has 1 atom stereocenters. The molecule has 3 nitrogen and oxygen atoms in total. The Balaban J connectivity index is 1.74. The number of hydrogen-bond acceptors (Lipinski definition) is 4. The fraction of sp³-hybridized carbons (Fsp3) is 0.176. The van der Waals surface area contributed by atoms with Crippen LogP contribution in [0.15, 0.2) is 54.0 Å². The van der Waals surface area contributed by atoms with Gasteiger partial charge in [0.25, 0.3) is 0 Å². The van der Waals surface area contributed by atoms with Crippen molar-refractivity contribution >= 4 is 11.3 Å². The lowest BCUT2D eigenvalue weighted by Crippen LogP contribution is -2.03. The number of hydrogen-bond donors (Lipinski definition) is 1. The van der Waals surface area contributed by atoms with E-state index < -0.39 is 6.10 Å². The van der Waals surface area contributed by atoms with E-state index in [0.29, 0.717) is 12.1 Å². The number of aliphatic hydroxyl groups is 1. The van der Waals surface area contributed by atoms with Crippen LogP contribution < -0.4 is 0 Å². The summed E-state index contributed by atoms with van der Waals surface area (Å²) in [6.45, 7) is 1.98. The van der Waals surface area contributed by atoms with Crippen molar-refractivity contribution in [3.05, 3.63) is 70.3 Å². The molecule has 0 aliphatic heterocycles. The molecule has 21 heavy (non-hydrogen) atoms. The molecule has 0 spiro atoms. The number of thiazole rings is 1. The number of aliphatic hydroxyl groups excluding tert-OH is 1. The van der Waals surface area contributed by atoms with Gasteiger partial charge in [0.2, 0.25) is 0 Å². The molecule has 4 heteroatoms. The summed E-state index contributed by atoms with van der Waals surface area (Å²) in [4.78, 5) is 8.86. The predicted octanol–water partition coefficient (Wildman–Crippen LogP) is 3.79. The Morgan fingerprint density at radius 2 is 1.95 bits per heavy atom. The van der Waals surface area contributed by atoms with Crippen LogP contribution in [0.5, 0.6) is 0 Å². The van der Waals surface area contributed by atoms with Gasteiger partial charge in [-0.2, -0.15) is 0 Å². The quantitative estimate of drug-likeness (QED) is 0.796. The van der Waals surface area contributed by atoms with Crippen LogP contribution in [-0.4, -0.2) is 15.1 Å². The predicted molar refractivity (Wildman–Crippen MR) is 85.2 cm³/mol. The van der Waals surface area contributed by atoms with Gasteiger partial charge in [0.15, 0.2) is 0 Å². The molecule has 106 valence electrons. The van der Waals surface area contributed by atoms with E-state index in [1.807, 2.05) is 54.8 Å². The smallest absolute Gasteiger partial charge is 0.102 e. The maximum Gasteiger partial charge on any atom is 0.102 e. The van der Waals surface area contributed by atoms with Gasteiger partial charge in [0, 0.05) is 23.6 Å². The Kier molecular flexibility index (Phi) is 4.08. The second kappa shape index (κ2) is 6.16.